The molecule has 0 saturated carbocycles. The molecule has 1 atom stereocenters. The summed E-state index contributed by atoms with van der Waals surface area (Å²) in [4.78, 5) is 37.8. The zero-order chi connectivity index (χ0) is 19.2. The van der Waals surface area contributed by atoms with Crippen LogP contribution < -0.4 is 5.32 Å². The van der Waals surface area contributed by atoms with Gasteiger partial charge in [-0.25, -0.2) is 0 Å². The predicted octanol–water partition coefficient (Wildman–Crippen LogP) is 2.04. The van der Waals surface area contributed by atoms with Crippen LogP contribution in [0.15, 0.2) is 58.1 Å². The van der Waals surface area contributed by atoms with Gasteiger partial charge in [0.15, 0.2) is 0 Å². The molecule has 7 nitrogen and oxygen atoms in total. The fourth-order valence-electron chi connectivity index (χ4n) is 2.62. The summed E-state index contributed by atoms with van der Waals surface area (Å²) in [6, 6.07) is 12.2. The summed E-state index contributed by atoms with van der Waals surface area (Å²) in [7, 11) is 0. The molecule has 3 amide bonds. The molecule has 0 bridgehead atoms. The van der Waals surface area contributed by atoms with E-state index in [1.54, 1.807) is 12.1 Å². The van der Waals surface area contributed by atoms with Crippen LogP contribution in [-0.4, -0.2) is 46.3 Å². The number of imide groups is 1. The molecule has 1 aromatic carbocycles. The van der Waals surface area contributed by atoms with Crippen LogP contribution >= 0.6 is 11.8 Å². The van der Waals surface area contributed by atoms with Crippen molar-refractivity contribution in [3.63, 3.8) is 0 Å². The molecule has 2 N–H and O–H groups in total. The number of nitrogens with one attached hydrogen (secondary N) is 1. The van der Waals surface area contributed by atoms with Crippen molar-refractivity contribution in [3.05, 3.63) is 65.0 Å². The Bertz CT molecular complexity index is 848. The highest BCUT2D eigenvalue weighted by Gasteiger charge is 2.36. The molecule has 8 heteroatoms. The van der Waals surface area contributed by atoms with E-state index in [1.807, 2.05) is 30.3 Å². The first-order valence-electron chi connectivity index (χ1n) is 8.30. The van der Waals surface area contributed by atoms with Gasteiger partial charge in [0.25, 0.3) is 11.1 Å². The molecule has 2 aromatic rings. The van der Waals surface area contributed by atoms with Crippen LogP contribution in [0.2, 0.25) is 0 Å². The lowest BCUT2D eigenvalue weighted by Gasteiger charge is -2.18. The first-order valence-corrected chi connectivity index (χ1v) is 9.11. The van der Waals surface area contributed by atoms with Crippen LogP contribution in [0.1, 0.15) is 11.3 Å². The summed E-state index contributed by atoms with van der Waals surface area (Å²) in [6.45, 7) is -0.646. The van der Waals surface area contributed by atoms with Crippen molar-refractivity contribution in [3.8, 4) is 0 Å². The lowest BCUT2D eigenvalue weighted by atomic mass is 10.1. The maximum absolute atomic E-state index is 12.4. The van der Waals surface area contributed by atoms with Crippen molar-refractivity contribution in [2.75, 3.05) is 13.2 Å². The molecule has 27 heavy (non-hydrogen) atoms. The Kier molecular flexibility index (Phi) is 6.10. The van der Waals surface area contributed by atoms with Gasteiger partial charge in [-0.15, -0.1) is 0 Å². The molecule has 1 aliphatic rings. The quantitative estimate of drug-likeness (QED) is 0.707. The highest BCUT2D eigenvalue weighted by atomic mass is 32.2. The minimum atomic E-state index is -0.542. The number of carbonyl (C=O) groups is 3. The summed E-state index contributed by atoms with van der Waals surface area (Å²) < 4.78 is 5.14. The average Bonchev–Trinajstić information content (AvgIpc) is 3.26. The Balaban J connectivity index is 1.59. The Hall–Kier alpha value is -2.84. The van der Waals surface area contributed by atoms with Gasteiger partial charge in [-0.05, 0) is 35.9 Å². The summed E-state index contributed by atoms with van der Waals surface area (Å²) >= 11 is 0.758. The number of benzene rings is 1. The molecule has 1 aliphatic heterocycles. The van der Waals surface area contributed by atoms with Crippen molar-refractivity contribution in [1.29, 1.82) is 0 Å². The van der Waals surface area contributed by atoms with E-state index in [1.165, 1.54) is 12.3 Å². The molecule has 0 aliphatic carbocycles. The van der Waals surface area contributed by atoms with E-state index in [0.29, 0.717) is 12.2 Å². The zero-order valence-electron chi connectivity index (χ0n) is 14.3. The molecule has 1 fully saturated rings. The van der Waals surface area contributed by atoms with Crippen molar-refractivity contribution < 1.29 is 23.9 Å². The molecule has 3 rings (SSSR count). The minimum Gasteiger partial charge on any atom is -0.465 e. The van der Waals surface area contributed by atoms with Crippen LogP contribution in [0.25, 0.3) is 6.08 Å². The number of nitrogens with zero attached hydrogens (tertiary/aromatic N) is 1. The standard InChI is InChI=1S/C19H18N2O5S/c22-12-14(9-13-5-2-1-3-6-13)20-17(23)11-21-18(24)16(27-19(21)25)10-15-7-4-8-26-15/h1-8,10,14,22H,9,11-12H2,(H,20,23)/t14-/m1/s1. The van der Waals surface area contributed by atoms with E-state index in [0.717, 1.165) is 22.2 Å². The maximum atomic E-state index is 12.4. The Morgan fingerprint density at radius 1 is 1.22 bits per heavy atom. The third-order valence-corrected chi connectivity index (χ3v) is 4.81. The van der Waals surface area contributed by atoms with Crippen LogP contribution in [-0.2, 0) is 16.0 Å². The van der Waals surface area contributed by atoms with Crippen LogP contribution in [0.4, 0.5) is 4.79 Å². The number of aliphatic hydroxyl groups is 1. The minimum absolute atomic E-state index is 0.200. The Morgan fingerprint density at radius 3 is 2.67 bits per heavy atom. The van der Waals surface area contributed by atoms with E-state index in [-0.39, 0.29) is 11.5 Å². The molecule has 2 heterocycles. The smallest absolute Gasteiger partial charge is 0.294 e. The Morgan fingerprint density at radius 2 is 2.00 bits per heavy atom. The van der Waals surface area contributed by atoms with Gasteiger partial charge >= 0.3 is 0 Å². The topological polar surface area (TPSA) is 99.9 Å². The summed E-state index contributed by atoms with van der Waals surface area (Å²) in [5, 5.41) is 11.6. The van der Waals surface area contributed by atoms with E-state index in [2.05, 4.69) is 5.32 Å². The molecule has 0 radical (unpaired) electrons. The largest absolute Gasteiger partial charge is 0.465 e. The fraction of sp³-hybridized carbons (Fsp3) is 0.211. The Labute approximate surface area is 160 Å². The maximum Gasteiger partial charge on any atom is 0.294 e. The van der Waals surface area contributed by atoms with Crippen molar-refractivity contribution in [1.82, 2.24) is 10.2 Å². The van der Waals surface area contributed by atoms with E-state index in [4.69, 9.17) is 4.42 Å². The first kappa shape index (κ1) is 18.9. The lowest BCUT2D eigenvalue weighted by molar-refractivity contribution is -0.129. The third kappa shape index (κ3) is 4.87. The number of aliphatic hydroxyl groups excluding tert-OH is 1. The van der Waals surface area contributed by atoms with Crippen LogP contribution in [0.3, 0.4) is 0 Å². The third-order valence-electron chi connectivity index (χ3n) is 3.90. The number of hydrogen-bond acceptors (Lipinski definition) is 6. The molecule has 140 valence electrons. The number of carbonyl (C=O) groups excluding carboxylic acids is 3. The van der Waals surface area contributed by atoms with E-state index >= 15 is 0 Å². The van der Waals surface area contributed by atoms with Gasteiger partial charge in [0, 0.05) is 6.08 Å². The van der Waals surface area contributed by atoms with Crippen LogP contribution in [0.5, 0.6) is 0 Å². The second-order valence-corrected chi connectivity index (χ2v) is 6.91. The van der Waals surface area contributed by atoms with Gasteiger partial charge in [-0.3, -0.25) is 19.3 Å². The zero-order valence-corrected chi connectivity index (χ0v) is 15.1. The fourth-order valence-corrected chi connectivity index (χ4v) is 3.43. The van der Waals surface area contributed by atoms with Crippen molar-refractivity contribution in [2.45, 2.75) is 12.5 Å². The van der Waals surface area contributed by atoms with Crippen LogP contribution in [0, 0.1) is 0 Å². The number of amides is 3. The predicted molar refractivity (Wildman–Crippen MR) is 101 cm³/mol. The normalized spacial score (nSPS) is 16.8. The number of furan rings is 1. The highest BCUT2D eigenvalue weighted by molar-refractivity contribution is 8.18. The van der Waals surface area contributed by atoms with Gasteiger partial charge in [-0.1, -0.05) is 30.3 Å². The number of rotatable bonds is 7. The summed E-state index contributed by atoms with van der Waals surface area (Å²) in [5.41, 5.74) is 0.962. The first-order chi connectivity index (χ1) is 13.1. The number of thioether (sulfide) groups is 1. The van der Waals surface area contributed by atoms with Gasteiger partial charge in [0.2, 0.25) is 5.91 Å². The SMILES string of the molecule is O=C(CN1C(=O)SC(=Cc2ccco2)C1=O)N[C@@H](CO)Cc1ccccc1. The second kappa shape index (κ2) is 8.70. The number of hydrogen-bond donors (Lipinski definition) is 2. The molecule has 0 unspecified atom stereocenters. The molecular weight excluding hydrogens is 368 g/mol. The summed E-state index contributed by atoms with van der Waals surface area (Å²) in [5.74, 6) is -0.597. The van der Waals surface area contributed by atoms with Gasteiger partial charge in [0.05, 0.1) is 23.8 Å². The second-order valence-electron chi connectivity index (χ2n) is 5.92. The van der Waals surface area contributed by atoms with E-state index < -0.39 is 29.6 Å². The lowest BCUT2D eigenvalue weighted by Crippen LogP contribution is -2.45. The average molecular weight is 386 g/mol. The molecule has 1 aromatic heterocycles. The molecule has 1 saturated heterocycles. The van der Waals surface area contributed by atoms with Gasteiger partial charge in [-0.2, -0.15) is 0 Å². The molecule has 0 spiro atoms. The monoisotopic (exact) mass is 386 g/mol. The van der Waals surface area contributed by atoms with Crippen molar-refractivity contribution >= 4 is 34.9 Å². The molecular formula is C19H18N2O5S. The van der Waals surface area contributed by atoms with Crippen molar-refractivity contribution in [2.24, 2.45) is 0 Å². The van der Waals surface area contributed by atoms with Gasteiger partial charge in [0.1, 0.15) is 12.3 Å². The van der Waals surface area contributed by atoms with Gasteiger partial charge < -0.3 is 14.8 Å². The van der Waals surface area contributed by atoms with E-state index in [9.17, 15) is 19.5 Å². The summed E-state index contributed by atoms with van der Waals surface area (Å²) in [6.07, 6.45) is 3.38. The highest BCUT2D eigenvalue weighted by Crippen LogP contribution is 2.31.